The number of aryl methyl sites for hydroxylation is 1. The Bertz CT molecular complexity index is 1260. The van der Waals surface area contributed by atoms with Gasteiger partial charge < -0.3 is 10.1 Å². The van der Waals surface area contributed by atoms with Gasteiger partial charge in [0.2, 0.25) is 5.91 Å². The topological polar surface area (TPSA) is 73.2 Å². The van der Waals surface area contributed by atoms with Gasteiger partial charge in [-0.25, -0.2) is 4.68 Å². The summed E-state index contributed by atoms with van der Waals surface area (Å²) in [6, 6.07) is 21.6. The van der Waals surface area contributed by atoms with Crippen LogP contribution in [0.2, 0.25) is 0 Å². The van der Waals surface area contributed by atoms with Crippen molar-refractivity contribution in [1.29, 1.82) is 0 Å². The van der Waals surface area contributed by atoms with E-state index in [0.29, 0.717) is 22.9 Å². The second-order valence-electron chi connectivity index (χ2n) is 6.75. The Balaban J connectivity index is 1.40. The fraction of sp³-hybridized carbons (Fsp3) is 0.0870. The quantitative estimate of drug-likeness (QED) is 0.384. The van der Waals surface area contributed by atoms with Crippen LogP contribution in [-0.2, 0) is 11.3 Å². The molecule has 0 aliphatic carbocycles. The highest BCUT2D eigenvalue weighted by molar-refractivity contribution is 9.10. The average Bonchev–Trinajstić information content (AvgIpc) is 3.19. The molecular formula is C23H18BrN3O3S. The predicted octanol–water partition coefficient (Wildman–Crippen LogP) is 5.47. The molecule has 31 heavy (non-hydrogen) atoms. The molecule has 0 unspecified atom stereocenters. The van der Waals surface area contributed by atoms with Crippen LogP contribution in [0.4, 0.5) is 5.69 Å². The lowest BCUT2D eigenvalue weighted by molar-refractivity contribution is -0.117. The lowest BCUT2D eigenvalue weighted by Crippen LogP contribution is -2.29. The van der Waals surface area contributed by atoms with Crippen LogP contribution >= 0.6 is 27.3 Å². The Morgan fingerprint density at radius 2 is 1.68 bits per heavy atom. The number of amides is 1. The molecule has 1 N–H and O–H groups in total. The van der Waals surface area contributed by atoms with Crippen LogP contribution in [-0.4, -0.2) is 15.7 Å². The molecule has 4 aromatic rings. The fourth-order valence-electron chi connectivity index (χ4n) is 2.85. The lowest BCUT2D eigenvalue weighted by atomic mass is 10.3. The first-order valence-electron chi connectivity index (χ1n) is 9.44. The molecule has 0 spiro atoms. The van der Waals surface area contributed by atoms with Crippen LogP contribution in [0.1, 0.15) is 4.88 Å². The molecule has 0 fully saturated rings. The van der Waals surface area contributed by atoms with Crippen LogP contribution < -0.4 is 15.6 Å². The van der Waals surface area contributed by atoms with E-state index in [9.17, 15) is 9.59 Å². The van der Waals surface area contributed by atoms with Gasteiger partial charge in [-0.1, -0.05) is 15.9 Å². The molecule has 0 aliphatic heterocycles. The second-order valence-corrected chi connectivity index (χ2v) is 8.96. The number of benzene rings is 2. The average molecular weight is 496 g/mol. The number of thiophene rings is 1. The van der Waals surface area contributed by atoms with Gasteiger partial charge in [-0.2, -0.15) is 5.10 Å². The van der Waals surface area contributed by atoms with Crippen molar-refractivity contribution < 1.29 is 9.53 Å². The summed E-state index contributed by atoms with van der Waals surface area (Å²) < 4.78 is 7.92. The number of ether oxygens (including phenoxy) is 1. The molecule has 2 aromatic carbocycles. The molecule has 6 nitrogen and oxygen atoms in total. The zero-order chi connectivity index (χ0) is 21.8. The number of nitrogens with one attached hydrogen (secondary N) is 1. The molecule has 0 saturated heterocycles. The summed E-state index contributed by atoms with van der Waals surface area (Å²) in [4.78, 5) is 26.7. The number of hydrogen-bond acceptors (Lipinski definition) is 5. The van der Waals surface area contributed by atoms with Crippen molar-refractivity contribution in [3.8, 4) is 22.1 Å². The molecule has 8 heteroatoms. The first-order chi connectivity index (χ1) is 15.0. The standard InChI is InChI=1S/C23H18BrN3O3S/c1-15-2-12-21(31-15)20-11-13-23(29)27(26-20)14-22(28)25-17-5-9-19(10-6-17)30-18-7-3-16(24)4-8-18/h2-13H,14H2,1H3,(H,25,28). The number of nitrogens with zero attached hydrogens (tertiary/aromatic N) is 2. The summed E-state index contributed by atoms with van der Waals surface area (Å²) in [7, 11) is 0. The summed E-state index contributed by atoms with van der Waals surface area (Å²) in [5.41, 5.74) is 0.941. The molecule has 156 valence electrons. The zero-order valence-corrected chi connectivity index (χ0v) is 18.9. The molecule has 0 saturated carbocycles. The monoisotopic (exact) mass is 495 g/mol. The lowest BCUT2D eigenvalue weighted by Gasteiger charge is -2.09. The second kappa shape index (κ2) is 9.28. The van der Waals surface area contributed by atoms with E-state index in [-0.39, 0.29) is 18.0 Å². The molecule has 0 bridgehead atoms. The first kappa shape index (κ1) is 21.0. The van der Waals surface area contributed by atoms with Crippen LogP contribution in [0.15, 0.2) is 82.1 Å². The Hall–Kier alpha value is -3.23. The van der Waals surface area contributed by atoms with Crippen LogP contribution in [0.25, 0.3) is 10.6 Å². The number of hydrogen-bond donors (Lipinski definition) is 1. The van der Waals surface area contributed by atoms with E-state index in [1.807, 2.05) is 43.3 Å². The maximum absolute atomic E-state index is 12.4. The van der Waals surface area contributed by atoms with Gasteiger partial charge in [-0.15, -0.1) is 11.3 Å². The van der Waals surface area contributed by atoms with Crippen molar-refractivity contribution >= 4 is 38.9 Å². The molecule has 4 rings (SSSR count). The summed E-state index contributed by atoms with van der Waals surface area (Å²) >= 11 is 4.97. The number of aromatic nitrogens is 2. The third-order valence-corrected chi connectivity index (χ3v) is 5.89. The largest absolute Gasteiger partial charge is 0.457 e. The SMILES string of the molecule is Cc1ccc(-c2ccc(=O)n(CC(=O)Nc3ccc(Oc4ccc(Br)cc4)cc3)n2)s1. The van der Waals surface area contributed by atoms with Gasteiger partial charge in [0.1, 0.15) is 23.7 Å². The molecule has 2 heterocycles. The fourth-order valence-corrected chi connectivity index (χ4v) is 3.94. The Morgan fingerprint density at radius 1 is 1.00 bits per heavy atom. The van der Waals surface area contributed by atoms with Gasteiger partial charge in [-0.05, 0) is 73.7 Å². The van der Waals surface area contributed by atoms with Crippen LogP contribution in [0.5, 0.6) is 11.5 Å². The maximum atomic E-state index is 12.4. The Morgan fingerprint density at radius 3 is 2.32 bits per heavy atom. The van der Waals surface area contributed by atoms with Crippen molar-refractivity contribution in [3.63, 3.8) is 0 Å². The number of anilines is 1. The number of carbonyl (C=O) groups excluding carboxylic acids is 1. The number of carbonyl (C=O) groups is 1. The summed E-state index contributed by atoms with van der Waals surface area (Å²) in [5, 5.41) is 7.12. The van der Waals surface area contributed by atoms with E-state index in [4.69, 9.17) is 4.74 Å². The smallest absolute Gasteiger partial charge is 0.267 e. The van der Waals surface area contributed by atoms with Crippen LogP contribution in [0.3, 0.4) is 0 Å². The predicted molar refractivity (Wildman–Crippen MR) is 126 cm³/mol. The minimum atomic E-state index is -0.337. The van der Waals surface area contributed by atoms with E-state index in [2.05, 4.69) is 26.3 Å². The van der Waals surface area contributed by atoms with E-state index in [1.165, 1.54) is 10.7 Å². The van der Waals surface area contributed by atoms with Gasteiger partial charge in [0.25, 0.3) is 5.56 Å². The molecule has 0 aliphatic rings. The van der Waals surface area contributed by atoms with Gasteiger partial charge in [-0.3, -0.25) is 9.59 Å². The van der Waals surface area contributed by atoms with E-state index >= 15 is 0 Å². The molecule has 1 amide bonds. The molecule has 0 radical (unpaired) electrons. The third-order valence-electron chi connectivity index (χ3n) is 4.34. The maximum Gasteiger partial charge on any atom is 0.267 e. The van der Waals surface area contributed by atoms with Gasteiger partial charge in [0.15, 0.2) is 0 Å². The summed E-state index contributed by atoms with van der Waals surface area (Å²) in [5.74, 6) is 1.03. The van der Waals surface area contributed by atoms with Crippen molar-refractivity contribution in [1.82, 2.24) is 9.78 Å². The zero-order valence-electron chi connectivity index (χ0n) is 16.5. The van der Waals surface area contributed by atoms with Crippen molar-refractivity contribution in [2.75, 3.05) is 5.32 Å². The molecule has 2 aromatic heterocycles. The van der Waals surface area contributed by atoms with Crippen LogP contribution in [0, 0.1) is 6.92 Å². The normalized spacial score (nSPS) is 10.6. The van der Waals surface area contributed by atoms with E-state index in [1.54, 1.807) is 41.7 Å². The highest BCUT2D eigenvalue weighted by Crippen LogP contribution is 2.26. The minimum Gasteiger partial charge on any atom is -0.457 e. The molecule has 0 atom stereocenters. The number of halogens is 1. The Labute approximate surface area is 191 Å². The first-order valence-corrected chi connectivity index (χ1v) is 11.1. The van der Waals surface area contributed by atoms with E-state index in [0.717, 1.165) is 14.2 Å². The number of rotatable bonds is 6. The van der Waals surface area contributed by atoms with Crippen molar-refractivity contribution in [2.24, 2.45) is 0 Å². The van der Waals surface area contributed by atoms with Gasteiger partial charge in [0.05, 0.1) is 4.88 Å². The van der Waals surface area contributed by atoms with Gasteiger partial charge >= 0.3 is 0 Å². The van der Waals surface area contributed by atoms with Crippen molar-refractivity contribution in [2.45, 2.75) is 13.5 Å². The summed E-state index contributed by atoms with van der Waals surface area (Å²) in [6.45, 7) is 1.83. The van der Waals surface area contributed by atoms with Gasteiger partial charge in [0, 0.05) is 21.1 Å². The minimum absolute atomic E-state index is 0.172. The highest BCUT2D eigenvalue weighted by atomic mass is 79.9. The summed E-state index contributed by atoms with van der Waals surface area (Å²) in [6.07, 6.45) is 0. The third kappa shape index (κ3) is 5.48. The van der Waals surface area contributed by atoms with Crippen molar-refractivity contribution in [3.05, 3.63) is 92.5 Å². The Kier molecular flexibility index (Phi) is 6.29. The highest BCUT2D eigenvalue weighted by Gasteiger charge is 2.10. The van der Waals surface area contributed by atoms with E-state index < -0.39 is 0 Å². The molecular weight excluding hydrogens is 478 g/mol.